The minimum atomic E-state index is 0.0877. The van der Waals surface area contributed by atoms with Crippen molar-refractivity contribution in [2.24, 2.45) is 15.9 Å². The molecule has 0 unspecified atom stereocenters. The summed E-state index contributed by atoms with van der Waals surface area (Å²) in [5.74, 6) is 1.30. The Morgan fingerprint density at radius 3 is 2.68 bits per heavy atom. The van der Waals surface area contributed by atoms with E-state index in [1.54, 1.807) is 4.90 Å². The second-order valence-electron chi connectivity index (χ2n) is 5.89. The third kappa shape index (κ3) is 3.97. The van der Waals surface area contributed by atoms with Gasteiger partial charge in [-0.1, -0.05) is 57.7 Å². The molecule has 1 aromatic rings. The lowest BCUT2D eigenvalue weighted by Crippen LogP contribution is -2.30. The molecule has 1 amide bonds. The first-order valence-electron chi connectivity index (χ1n) is 7.59. The van der Waals surface area contributed by atoms with E-state index in [1.807, 2.05) is 24.4 Å². The topological polar surface area (TPSA) is 45.0 Å². The number of rotatable bonds is 5. The SMILES string of the molecule is CC(C)C=NCN=C1SCC(=O)N1c1ccccc1C(C)C. The molecule has 5 heteroatoms. The van der Waals surface area contributed by atoms with Crippen molar-refractivity contribution in [3.05, 3.63) is 29.8 Å². The van der Waals surface area contributed by atoms with Gasteiger partial charge in [-0.3, -0.25) is 14.7 Å². The molecule has 1 aliphatic rings. The Labute approximate surface area is 136 Å². The van der Waals surface area contributed by atoms with Gasteiger partial charge >= 0.3 is 0 Å². The monoisotopic (exact) mass is 317 g/mol. The molecule has 1 aliphatic heterocycles. The molecular weight excluding hydrogens is 294 g/mol. The van der Waals surface area contributed by atoms with Gasteiger partial charge in [0.25, 0.3) is 0 Å². The molecule has 0 aromatic heterocycles. The average Bonchev–Trinajstić information content (AvgIpc) is 2.84. The highest BCUT2D eigenvalue weighted by molar-refractivity contribution is 8.15. The Bertz CT molecular complexity index is 593. The van der Waals surface area contributed by atoms with E-state index in [2.05, 4.69) is 43.7 Å². The maximum atomic E-state index is 12.3. The molecule has 0 spiro atoms. The number of carbonyl (C=O) groups excluding carboxylic acids is 1. The molecule has 4 nitrogen and oxygen atoms in total. The lowest BCUT2D eigenvalue weighted by atomic mass is 10.0. The van der Waals surface area contributed by atoms with E-state index in [0.717, 1.165) is 16.4 Å². The molecule has 118 valence electrons. The number of para-hydroxylation sites is 1. The lowest BCUT2D eigenvalue weighted by molar-refractivity contribution is -0.115. The largest absolute Gasteiger partial charge is 0.274 e. The average molecular weight is 317 g/mol. The van der Waals surface area contributed by atoms with Crippen LogP contribution >= 0.6 is 11.8 Å². The van der Waals surface area contributed by atoms with Gasteiger partial charge < -0.3 is 0 Å². The molecule has 0 N–H and O–H groups in total. The first-order chi connectivity index (χ1) is 10.5. The molecule has 22 heavy (non-hydrogen) atoms. The summed E-state index contributed by atoms with van der Waals surface area (Å²) in [5, 5.41) is 0.749. The number of hydrogen-bond acceptors (Lipinski definition) is 4. The van der Waals surface area contributed by atoms with Crippen molar-refractivity contribution < 1.29 is 4.79 Å². The van der Waals surface area contributed by atoms with Gasteiger partial charge in [0.2, 0.25) is 5.91 Å². The van der Waals surface area contributed by atoms with Crippen molar-refractivity contribution in [3.8, 4) is 0 Å². The first kappa shape index (κ1) is 16.7. The van der Waals surface area contributed by atoms with Crippen LogP contribution in [0.1, 0.15) is 39.2 Å². The van der Waals surface area contributed by atoms with Crippen molar-refractivity contribution in [2.75, 3.05) is 17.3 Å². The smallest absolute Gasteiger partial charge is 0.243 e. The molecule has 0 radical (unpaired) electrons. The number of aliphatic imine (C=N–C) groups is 2. The summed E-state index contributed by atoms with van der Waals surface area (Å²) in [4.78, 5) is 22.8. The van der Waals surface area contributed by atoms with Crippen molar-refractivity contribution in [1.29, 1.82) is 0 Å². The van der Waals surface area contributed by atoms with Crippen LogP contribution in [-0.2, 0) is 4.79 Å². The highest BCUT2D eigenvalue weighted by Crippen LogP contribution is 2.33. The van der Waals surface area contributed by atoms with Gasteiger partial charge in [-0.2, -0.15) is 0 Å². The van der Waals surface area contributed by atoms with Crippen molar-refractivity contribution >= 4 is 34.7 Å². The third-order valence-corrected chi connectivity index (χ3v) is 4.22. The van der Waals surface area contributed by atoms with Crippen LogP contribution in [0.4, 0.5) is 5.69 Å². The summed E-state index contributed by atoms with van der Waals surface area (Å²) < 4.78 is 0. The molecule has 1 saturated heterocycles. The lowest BCUT2D eigenvalue weighted by Gasteiger charge is -2.21. The van der Waals surface area contributed by atoms with E-state index in [9.17, 15) is 4.79 Å². The molecule has 1 heterocycles. The maximum Gasteiger partial charge on any atom is 0.243 e. The zero-order chi connectivity index (χ0) is 16.1. The number of benzene rings is 1. The van der Waals surface area contributed by atoms with Crippen LogP contribution in [0.25, 0.3) is 0 Å². The van der Waals surface area contributed by atoms with Gasteiger partial charge in [-0.05, 0) is 23.5 Å². The fourth-order valence-corrected chi connectivity index (χ4v) is 3.11. The second-order valence-corrected chi connectivity index (χ2v) is 6.83. The van der Waals surface area contributed by atoms with Crippen LogP contribution in [0.15, 0.2) is 34.3 Å². The quantitative estimate of drug-likeness (QED) is 0.772. The van der Waals surface area contributed by atoms with Gasteiger partial charge in [-0.25, -0.2) is 4.99 Å². The van der Waals surface area contributed by atoms with Crippen LogP contribution in [0.2, 0.25) is 0 Å². The van der Waals surface area contributed by atoms with E-state index < -0.39 is 0 Å². The Morgan fingerprint density at radius 1 is 1.27 bits per heavy atom. The Morgan fingerprint density at radius 2 is 2.00 bits per heavy atom. The van der Waals surface area contributed by atoms with Crippen LogP contribution in [-0.4, -0.2) is 29.7 Å². The van der Waals surface area contributed by atoms with Crippen LogP contribution in [0.3, 0.4) is 0 Å². The predicted molar refractivity (Wildman–Crippen MR) is 96.1 cm³/mol. The normalized spacial score (nSPS) is 17.6. The summed E-state index contributed by atoms with van der Waals surface area (Å²) in [5.41, 5.74) is 2.11. The summed E-state index contributed by atoms with van der Waals surface area (Å²) in [6.07, 6.45) is 1.89. The van der Waals surface area contributed by atoms with Crippen LogP contribution in [0.5, 0.6) is 0 Å². The molecule has 1 aromatic carbocycles. The molecule has 0 saturated carbocycles. The van der Waals surface area contributed by atoms with Crippen molar-refractivity contribution in [3.63, 3.8) is 0 Å². The molecule has 1 fully saturated rings. The van der Waals surface area contributed by atoms with Crippen molar-refractivity contribution in [1.82, 2.24) is 0 Å². The second kappa shape index (κ2) is 7.58. The summed E-state index contributed by atoms with van der Waals surface area (Å²) in [7, 11) is 0. The number of thioether (sulfide) groups is 1. The Kier molecular flexibility index (Phi) is 5.77. The van der Waals surface area contributed by atoms with Gasteiger partial charge in [0.15, 0.2) is 5.17 Å². The Hall–Kier alpha value is -1.62. The van der Waals surface area contributed by atoms with Gasteiger partial charge in [0, 0.05) is 6.21 Å². The highest BCUT2D eigenvalue weighted by Gasteiger charge is 2.31. The summed E-state index contributed by atoms with van der Waals surface area (Å²) in [6, 6.07) is 8.04. The number of carbonyl (C=O) groups is 1. The molecule has 2 rings (SSSR count). The minimum Gasteiger partial charge on any atom is -0.274 e. The van der Waals surface area contributed by atoms with E-state index in [1.165, 1.54) is 11.8 Å². The van der Waals surface area contributed by atoms with E-state index in [4.69, 9.17) is 0 Å². The number of hydrogen-bond donors (Lipinski definition) is 0. The number of amidine groups is 1. The Balaban J connectivity index is 2.27. The number of anilines is 1. The minimum absolute atomic E-state index is 0.0877. The van der Waals surface area contributed by atoms with E-state index in [-0.39, 0.29) is 5.91 Å². The summed E-state index contributed by atoms with van der Waals surface area (Å²) in [6.45, 7) is 8.80. The molecule has 0 aliphatic carbocycles. The molecule has 0 atom stereocenters. The number of nitrogens with zero attached hydrogens (tertiary/aromatic N) is 3. The summed E-state index contributed by atoms with van der Waals surface area (Å²) >= 11 is 1.49. The third-order valence-electron chi connectivity index (χ3n) is 3.26. The van der Waals surface area contributed by atoms with Gasteiger partial charge in [0.1, 0.15) is 6.67 Å². The van der Waals surface area contributed by atoms with Crippen LogP contribution < -0.4 is 4.90 Å². The zero-order valence-corrected chi connectivity index (χ0v) is 14.4. The van der Waals surface area contributed by atoms with Gasteiger partial charge in [0.05, 0.1) is 11.4 Å². The molecule has 0 bridgehead atoms. The zero-order valence-electron chi connectivity index (χ0n) is 13.6. The van der Waals surface area contributed by atoms with Crippen molar-refractivity contribution in [2.45, 2.75) is 33.6 Å². The standard InChI is InChI=1S/C17H23N3OS/c1-12(2)9-18-11-19-17-20(16(21)10-22-17)15-8-6-5-7-14(15)13(3)4/h5-9,12-13H,10-11H2,1-4H3. The fourth-order valence-electron chi connectivity index (χ4n) is 2.25. The number of amides is 1. The maximum absolute atomic E-state index is 12.3. The fraction of sp³-hybridized carbons (Fsp3) is 0.471. The molecular formula is C17H23N3OS. The first-order valence-corrected chi connectivity index (χ1v) is 8.58. The predicted octanol–water partition coefficient (Wildman–Crippen LogP) is 3.93. The van der Waals surface area contributed by atoms with E-state index in [0.29, 0.717) is 24.3 Å². The highest BCUT2D eigenvalue weighted by atomic mass is 32.2. The van der Waals surface area contributed by atoms with E-state index >= 15 is 0 Å². The van der Waals surface area contributed by atoms with Gasteiger partial charge in [-0.15, -0.1) is 0 Å². The van der Waals surface area contributed by atoms with Crippen LogP contribution in [0, 0.1) is 5.92 Å².